The largest absolute Gasteiger partial charge is 0.356 e. The average Bonchev–Trinajstić information content (AvgIpc) is 3.17. The van der Waals surface area contributed by atoms with Crippen molar-refractivity contribution in [1.29, 1.82) is 0 Å². The molecule has 2 aromatic heterocycles. The molecular weight excluding hydrogens is 438 g/mol. The standard InChI is InChI=1S/C27H43N7O/c1-8-9-18-14-19(33(7)17(2)3)10-11-22(18)34-13-12-20(25(34)35)31-24-23-21(29-16-30-24)15-28-26(32-23)27(4,5)6/h15-20,22H,8-14H2,1-7H3,(H,29,30,31)/t18-,19-,20?,22+/m1/s1. The maximum atomic E-state index is 13.6. The van der Waals surface area contributed by atoms with Gasteiger partial charge < -0.3 is 15.1 Å². The lowest BCUT2D eigenvalue weighted by Gasteiger charge is -2.44. The van der Waals surface area contributed by atoms with Gasteiger partial charge in [-0.2, -0.15) is 0 Å². The fraction of sp³-hybridized carbons (Fsp3) is 0.741. The molecule has 1 unspecified atom stereocenters. The van der Waals surface area contributed by atoms with Crippen LogP contribution in [-0.4, -0.2) is 73.4 Å². The minimum Gasteiger partial charge on any atom is -0.356 e. The first-order valence-corrected chi connectivity index (χ1v) is 13.4. The zero-order valence-electron chi connectivity index (χ0n) is 22.6. The number of amides is 1. The van der Waals surface area contributed by atoms with E-state index >= 15 is 0 Å². The van der Waals surface area contributed by atoms with Crippen LogP contribution in [0.5, 0.6) is 0 Å². The Kier molecular flexibility index (Phi) is 7.60. The molecule has 2 aliphatic rings. The molecule has 1 amide bonds. The van der Waals surface area contributed by atoms with E-state index in [1.165, 1.54) is 19.2 Å². The Bertz CT molecular complexity index is 1030. The molecule has 8 heteroatoms. The van der Waals surface area contributed by atoms with Crippen LogP contribution in [0.1, 0.15) is 85.9 Å². The van der Waals surface area contributed by atoms with Gasteiger partial charge in [0, 0.05) is 30.1 Å². The summed E-state index contributed by atoms with van der Waals surface area (Å²) in [4.78, 5) is 36.4. The third-order valence-electron chi connectivity index (χ3n) is 7.96. The SMILES string of the molecule is CCC[C@@H]1C[C@H](N(C)C(C)C)CC[C@@H]1N1CCC(Nc2ncnc3cnc(C(C)(C)C)nc23)C1=O. The molecular formula is C27H43N7O. The highest BCUT2D eigenvalue weighted by atomic mass is 16.2. The number of carbonyl (C=O) groups excluding carboxylic acids is 1. The molecule has 2 fully saturated rings. The highest BCUT2D eigenvalue weighted by molar-refractivity contribution is 5.90. The topological polar surface area (TPSA) is 87.1 Å². The van der Waals surface area contributed by atoms with Crippen molar-refractivity contribution >= 4 is 22.8 Å². The van der Waals surface area contributed by atoms with Crippen molar-refractivity contribution in [2.75, 3.05) is 18.9 Å². The molecule has 2 aromatic rings. The monoisotopic (exact) mass is 481 g/mol. The number of nitrogens with zero attached hydrogens (tertiary/aromatic N) is 6. The molecule has 35 heavy (non-hydrogen) atoms. The second-order valence-corrected chi connectivity index (χ2v) is 11.8. The van der Waals surface area contributed by atoms with Crippen LogP contribution in [0, 0.1) is 5.92 Å². The predicted molar refractivity (Wildman–Crippen MR) is 140 cm³/mol. The first-order valence-electron chi connectivity index (χ1n) is 13.4. The van der Waals surface area contributed by atoms with E-state index in [2.05, 4.69) is 78.7 Å². The van der Waals surface area contributed by atoms with E-state index in [4.69, 9.17) is 4.98 Å². The van der Waals surface area contributed by atoms with Crippen LogP contribution in [0.2, 0.25) is 0 Å². The van der Waals surface area contributed by atoms with E-state index in [9.17, 15) is 4.79 Å². The predicted octanol–water partition coefficient (Wildman–Crippen LogP) is 4.41. The van der Waals surface area contributed by atoms with Gasteiger partial charge in [0.2, 0.25) is 5.91 Å². The van der Waals surface area contributed by atoms with E-state index in [1.54, 1.807) is 6.20 Å². The summed E-state index contributed by atoms with van der Waals surface area (Å²) < 4.78 is 0. The van der Waals surface area contributed by atoms with Crippen LogP contribution in [0.4, 0.5) is 5.82 Å². The summed E-state index contributed by atoms with van der Waals surface area (Å²) in [7, 11) is 2.25. The van der Waals surface area contributed by atoms with E-state index < -0.39 is 0 Å². The molecule has 3 heterocycles. The van der Waals surface area contributed by atoms with E-state index in [0.717, 1.165) is 38.1 Å². The van der Waals surface area contributed by atoms with Gasteiger partial charge in [-0.15, -0.1) is 0 Å². The van der Waals surface area contributed by atoms with Gasteiger partial charge in [0.25, 0.3) is 0 Å². The maximum Gasteiger partial charge on any atom is 0.245 e. The average molecular weight is 482 g/mol. The molecule has 1 aliphatic carbocycles. The van der Waals surface area contributed by atoms with Gasteiger partial charge in [-0.1, -0.05) is 34.1 Å². The summed E-state index contributed by atoms with van der Waals surface area (Å²) in [6.07, 6.45) is 9.81. The third kappa shape index (κ3) is 5.42. The van der Waals surface area contributed by atoms with Crippen LogP contribution in [-0.2, 0) is 10.2 Å². The number of nitrogens with one attached hydrogen (secondary N) is 1. The van der Waals surface area contributed by atoms with Crippen molar-refractivity contribution in [3.8, 4) is 0 Å². The summed E-state index contributed by atoms with van der Waals surface area (Å²) in [5.41, 5.74) is 1.19. The van der Waals surface area contributed by atoms with Gasteiger partial charge in [0.05, 0.1) is 6.20 Å². The number of fused-ring (bicyclic) bond motifs is 1. The summed E-state index contributed by atoms with van der Waals surface area (Å²) in [5.74, 6) is 2.12. The number of hydrogen-bond donors (Lipinski definition) is 1. The van der Waals surface area contributed by atoms with Crippen molar-refractivity contribution in [2.45, 2.75) is 110 Å². The van der Waals surface area contributed by atoms with Crippen LogP contribution in [0.25, 0.3) is 11.0 Å². The molecule has 4 rings (SSSR count). The first kappa shape index (κ1) is 25.7. The van der Waals surface area contributed by atoms with Crippen molar-refractivity contribution in [3.63, 3.8) is 0 Å². The van der Waals surface area contributed by atoms with Crippen molar-refractivity contribution in [3.05, 3.63) is 18.3 Å². The number of rotatable bonds is 7. The van der Waals surface area contributed by atoms with Gasteiger partial charge in [-0.25, -0.2) is 19.9 Å². The quantitative estimate of drug-likeness (QED) is 0.627. The maximum absolute atomic E-state index is 13.6. The van der Waals surface area contributed by atoms with E-state index in [0.29, 0.717) is 40.9 Å². The lowest BCUT2D eigenvalue weighted by atomic mass is 9.77. The minimum absolute atomic E-state index is 0.182. The molecule has 1 aliphatic heterocycles. The fourth-order valence-electron chi connectivity index (χ4n) is 5.76. The van der Waals surface area contributed by atoms with Gasteiger partial charge in [0.15, 0.2) is 5.82 Å². The molecule has 1 N–H and O–H groups in total. The minimum atomic E-state index is -0.278. The number of likely N-dealkylation sites (tertiary alicyclic amines) is 1. The summed E-state index contributed by atoms with van der Waals surface area (Å²) in [5, 5.41) is 3.43. The first-order chi connectivity index (χ1) is 16.6. The van der Waals surface area contributed by atoms with Gasteiger partial charge >= 0.3 is 0 Å². The van der Waals surface area contributed by atoms with Gasteiger partial charge in [-0.3, -0.25) is 4.79 Å². The molecule has 0 aromatic carbocycles. The van der Waals surface area contributed by atoms with Crippen LogP contribution < -0.4 is 5.32 Å². The third-order valence-corrected chi connectivity index (χ3v) is 7.96. The van der Waals surface area contributed by atoms with Crippen LogP contribution in [0.15, 0.2) is 12.5 Å². The zero-order valence-corrected chi connectivity index (χ0v) is 22.6. The number of hydrogen-bond acceptors (Lipinski definition) is 7. The molecule has 1 saturated carbocycles. The lowest BCUT2D eigenvalue weighted by Crippen LogP contribution is -2.51. The van der Waals surface area contributed by atoms with Gasteiger partial charge in [0.1, 0.15) is 29.2 Å². The normalized spacial score (nSPS) is 25.7. The Hall–Kier alpha value is -2.35. The second kappa shape index (κ2) is 10.3. The van der Waals surface area contributed by atoms with Crippen molar-refractivity contribution in [2.24, 2.45) is 5.92 Å². The zero-order chi connectivity index (χ0) is 25.3. The smallest absolute Gasteiger partial charge is 0.245 e. The Labute approximate surface area is 210 Å². The highest BCUT2D eigenvalue weighted by Crippen LogP contribution is 2.36. The molecule has 8 nitrogen and oxygen atoms in total. The van der Waals surface area contributed by atoms with Crippen LogP contribution >= 0.6 is 0 Å². The molecule has 0 spiro atoms. The van der Waals surface area contributed by atoms with E-state index in [-0.39, 0.29) is 17.4 Å². The number of anilines is 1. The molecule has 192 valence electrons. The Morgan fingerprint density at radius 2 is 1.94 bits per heavy atom. The number of carbonyl (C=O) groups is 1. The Morgan fingerprint density at radius 1 is 1.17 bits per heavy atom. The fourth-order valence-corrected chi connectivity index (χ4v) is 5.76. The Morgan fingerprint density at radius 3 is 2.63 bits per heavy atom. The highest BCUT2D eigenvalue weighted by Gasteiger charge is 2.42. The second-order valence-electron chi connectivity index (χ2n) is 11.8. The summed E-state index contributed by atoms with van der Waals surface area (Å²) >= 11 is 0. The Balaban J connectivity index is 1.50. The molecule has 0 bridgehead atoms. The lowest BCUT2D eigenvalue weighted by molar-refractivity contribution is -0.132. The van der Waals surface area contributed by atoms with E-state index in [1.807, 2.05) is 0 Å². The summed E-state index contributed by atoms with van der Waals surface area (Å²) in [6.45, 7) is 13.9. The summed E-state index contributed by atoms with van der Waals surface area (Å²) in [6, 6.07) is 1.21. The molecule has 0 radical (unpaired) electrons. The number of aromatic nitrogens is 4. The van der Waals surface area contributed by atoms with Crippen molar-refractivity contribution < 1.29 is 4.79 Å². The molecule has 4 atom stereocenters. The van der Waals surface area contributed by atoms with Crippen LogP contribution in [0.3, 0.4) is 0 Å². The van der Waals surface area contributed by atoms with Crippen molar-refractivity contribution in [1.82, 2.24) is 29.7 Å². The van der Waals surface area contributed by atoms with Gasteiger partial charge in [-0.05, 0) is 58.9 Å². The molecule has 1 saturated heterocycles.